The lowest BCUT2D eigenvalue weighted by atomic mass is 9.98. The van der Waals surface area contributed by atoms with Crippen LogP contribution in [0.3, 0.4) is 0 Å². The van der Waals surface area contributed by atoms with Crippen molar-refractivity contribution in [2.45, 2.75) is 19.4 Å². The summed E-state index contributed by atoms with van der Waals surface area (Å²) in [5.74, 6) is 0.0463. The number of aryl methyl sites for hydroxylation is 1. The molecule has 0 saturated heterocycles. The fourth-order valence-electron chi connectivity index (χ4n) is 1.86. The maximum absolute atomic E-state index is 12.1. The standard InChI is InChI=1S/C16H17NO/c1-12-7-9-13(10-8-12)11-15(18)16(17)14-5-3-2-4-6-14/h2-10,16H,11,17H2,1H3. The first-order chi connectivity index (χ1) is 8.66. The largest absolute Gasteiger partial charge is 0.318 e. The summed E-state index contributed by atoms with van der Waals surface area (Å²) in [5.41, 5.74) is 9.04. The highest BCUT2D eigenvalue weighted by Crippen LogP contribution is 2.14. The van der Waals surface area contributed by atoms with Gasteiger partial charge in [-0.3, -0.25) is 4.79 Å². The second-order valence-electron chi connectivity index (χ2n) is 4.52. The summed E-state index contributed by atoms with van der Waals surface area (Å²) in [6.07, 6.45) is 0.385. The SMILES string of the molecule is Cc1ccc(CC(=O)C(N)c2ccccc2)cc1. The molecule has 2 N–H and O–H groups in total. The summed E-state index contributed by atoms with van der Waals surface area (Å²) in [6, 6.07) is 16.9. The van der Waals surface area contributed by atoms with Gasteiger partial charge in [0.05, 0.1) is 6.04 Å². The molecule has 0 fully saturated rings. The normalized spacial score (nSPS) is 12.1. The van der Waals surface area contributed by atoms with Gasteiger partial charge in [0.15, 0.2) is 5.78 Å². The third-order valence-corrected chi connectivity index (χ3v) is 3.00. The number of hydrogen-bond acceptors (Lipinski definition) is 2. The van der Waals surface area contributed by atoms with Crippen LogP contribution in [0.5, 0.6) is 0 Å². The minimum absolute atomic E-state index is 0.0463. The maximum Gasteiger partial charge on any atom is 0.158 e. The second-order valence-corrected chi connectivity index (χ2v) is 4.52. The van der Waals surface area contributed by atoms with E-state index >= 15 is 0 Å². The Bertz CT molecular complexity index is 517. The average molecular weight is 239 g/mol. The topological polar surface area (TPSA) is 43.1 Å². The van der Waals surface area contributed by atoms with E-state index in [1.807, 2.05) is 61.5 Å². The van der Waals surface area contributed by atoms with Crippen LogP contribution < -0.4 is 5.73 Å². The summed E-state index contributed by atoms with van der Waals surface area (Å²) < 4.78 is 0. The number of ketones is 1. The highest BCUT2D eigenvalue weighted by molar-refractivity contribution is 5.87. The maximum atomic E-state index is 12.1. The van der Waals surface area contributed by atoms with Crippen LogP contribution in [-0.4, -0.2) is 5.78 Å². The highest BCUT2D eigenvalue weighted by atomic mass is 16.1. The van der Waals surface area contributed by atoms with Crippen LogP contribution in [-0.2, 0) is 11.2 Å². The van der Waals surface area contributed by atoms with Crippen molar-refractivity contribution >= 4 is 5.78 Å². The Morgan fingerprint density at radius 1 is 1.06 bits per heavy atom. The zero-order chi connectivity index (χ0) is 13.0. The Labute approximate surface area is 107 Å². The average Bonchev–Trinajstić information content (AvgIpc) is 2.41. The van der Waals surface area contributed by atoms with E-state index in [-0.39, 0.29) is 5.78 Å². The zero-order valence-corrected chi connectivity index (χ0v) is 10.5. The Balaban J connectivity index is 2.06. The number of hydrogen-bond donors (Lipinski definition) is 1. The van der Waals surface area contributed by atoms with E-state index in [9.17, 15) is 4.79 Å². The molecule has 2 nitrogen and oxygen atoms in total. The third kappa shape index (κ3) is 3.05. The van der Waals surface area contributed by atoms with E-state index in [0.29, 0.717) is 6.42 Å². The van der Waals surface area contributed by atoms with Gasteiger partial charge in [0.1, 0.15) is 0 Å². The van der Waals surface area contributed by atoms with Gasteiger partial charge in [-0.25, -0.2) is 0 Å². The van der Waals surface area contributed by atoms with Gasteiger partial charge in [0, 0.05) is 6.42 Å². The molecule has 0 radical (unpaired) electrons. The van der Waals surface area contributed by atoms with Crippen molar-refractivity contribution in [1.82, 2.24) is 0 Å². The number of carbonyl (C=O) groups excluding carboxylic acids is 1. The van der Waals surface area contributed by atoms with Crippen molar-refractivity contribution < 1.29 is 4.79 Å². The molecule has 0 aliphatic carbocycles. The van der Waals surface area contributed by atoms with Crippen LogP contribution in [0, 0.1) is 6.92 Å². The molecule has 0 aliphatic heterocycles. The Morgan fingerprint density at radius 2 is 1.67 bits per heavy atom. The van der Waals surface area contributed by atoms with E-state index in [0.717, 1.165) is 11.1 Å². The van der Waals surface area contributed by atoms with Gasteiger partial charge in [-0.15, -0.1) is 0 Å². The quantitative estimate of drug-likeness (QED) is 0.891. The van der Waals surface area contributed by atoms with Crippen LogP contribution in [0.4, 0.5) is 0 Å². The van der Waals surface area contributed by atoms with E-state index in [1.165, 1.54) is 5.56 Å². The molecular formula is C16H17NO. The first-order valence-electron chi connectivity index (χ1n) is 6.05. The van der Waals surface area contributed by atoms with E-state index < -0.39 is 6.04 Å². The Morgan fingerprint density at radius 3 is 2.28 bits per heavy atom. The Kier molecular flexibility index (Phi) is 3.90. The Hall–Kier alpha value is -1.93. The first-order valence-corrected chi connectivity index (χ1v) is 6.05. The molecule has 18 heavy (non-hydrogen) atoms. The van der Waals surface area contributed by atoms with E-state index in [2.05, 4.69) is 0 Å². The van der Waals surface area contributed by atoms with Crippen molar-refractivity contribution in [3.8, 4) is 0 Å². The predicted octanol–water partition coefficient (Wildman–Crippen LogP) is 2.81. The highest BCUT2D eigenvalue weighted by Gasteiger charge is 2.15. The molecule has 2 aromatic carbocycles. The van der Waals surface area contributed by atoms with E-state index in [1.54, 1.807) is 0 Å². The molecule has 2 rings (SSSR count). The number of rotatable bonds is 4. The van der Waals surface area contributed by atoms with E-state index in [4.69, 9.17) is 5.73 Å². The van der Waals surface area contributed by atoms with Crippen LogP contribution in [0.25, 0.3) is 0 Å². The molecule has 1 unspecified atom stereocenters. The minimum Gasteiger partial charge on any atom is -0.318 e. The lowest BCUT2D eigenvalue weighted by Gasteiger charge is -2.11. The van der Waals surface area contributed by atoms with Gasteiger partial charge >= 0.3 is 0 Å². The van der Waals surface area contributed by atoms with Crippen LogP contribution in [0.2, 0.25) is 0 Å². The van der Waals surface area contributed by atoms with Crippen molar-refractivity contribution in [3.63, 3.8) is 0 Å². The predicted molar refractivity (Wildman–Crippen MR) is 73.3 cm³/mol. The molecule has 0 aliphatic rings. The van der Waals surface area contributed by atoms with Crippen molar-refractivity contribution in [2.24, 2.45) is 5.73 Å². The van der Waals surface area contributed by atoms with Gasteiger partial charge in [-0.1, -0.05) is 60.2 Å². The van der Waals surface area contributed by atoms with Crippen molar-refractivity contribution in [2.75, 3.05) is 0 Å². The van der Waals surface area contributed by atoms with Crippen molar-refractivity contribution in [3.05, 3.63) is 71.3 Å². The van der Waals surface area contributed by atoms with Crippen LogP contribution in [0.1, 0.15) is 22.7 Å². The lowest BCUT2D eigenvalue weighted by Crippen LogP contribution is -2.23. The first kappa shape index (κ1) is 12.5. The van der Waals surface area contributed by atoms with Crippen LogP contribution in [0.15, 0.2) is 54.6 Å². The molecule has 1 atom stereocenters. The number of nitrogens with two attached hydrogens (primary N) is 1. The summed E-state index contributed by atoms with van der Waals surface area (Å²) >= 11 is 0. The fraction of sp³-hybridized carbons (Fsp3) is 0.188. The molecule has 92 valence electrons. The van der Waals surface area contributed by atoms with Gasteiger partial charge in [-0.05, 0) is 18.1 Å². The molecule has 0 saturated carbocycles. The van der Waals surface area contributed by atoms with Crippen LogP contribution >= 0.6 is 0 Å². The monoisotopic (exact) mass is 239 g/mol. The van der Waals surface area contributed by atoms with Crippen molar-refractivity contribution in [1.29, 1.82) is 0 Å². The van der Waals surface area contributed by atoms with Gasteiger partial charge in [0.2, 0.25) is 0 Å². The van der Waals surface area contributed by atoms with Gasteiger partial charge < -0.3 is 5.73 Å². The van der Waals surface area contributed by atoms with Gasteiger partial charge in [-0.2, -0.15) is 0 Å². The second kappa shape index (κ2) is 5.61. The fourth-order valence-corrected chi connectivity index (χ4v) is 1.86. The molecule has 2 heteroatoms. The molecule has 2 aromatic rings. The summed E-state index contributed by atoms with van der Waals surface area (Å²) in [4.78, 5) is 12.1. The summed E-state index contributed by atoms with van der Waals surface area (Å²) in [5, 5.41) is 0. The third-order valence-electron chi connectivity index (χ3n) is 3.00. The molecule has 0 heterocycles. The number of benzene rings is 2. The zero-order valence-electron chi connectivity index (χ0n) is 10.5. The molecule has 0 amide bonds. The summed E-state index contributed by atoms with van der Waals surface area (Å²) in [6.45, 7) is 2.03. The number of Topliss-reactive ketones (excluding diaryl/α,β-unsaturated/α-hetero) is 1. The molecule has 0 bridgehead atoms. The molecule has 0 aromatic heterocycles. The smallest absolute Gasteiger partial charge is 0.158 e. The minimum atomic E-state index is -0.535. The van der Waals surface area contributed by atoms with Gasteiger partial charge in [0.25, 0.3) is 0 Å². The number of carbonyl (C=O) groups is 1. The molecular weight excluding hydrogens is 222 g/mol. The lowest BCUT2D eigenvalue weighted by molar-refractivity contribution is -0.119. The summed E-state index contributed by atoms with van der Waals surface area (Å²) in [7, 11) is 0. The molecule has 0 spiro atoms.